The van der Waals surface area contributed by atoms with Crippen molar-refractivity contribution < 1.29 is 14.3 Å². The SMILES string of the molecule is COCCN(C(=O)COc1cc(C)cc(C)c1)c1c(N)n(CC(C)C)c(=O)[nH]c1=O. The topological polar surface area (TPSA) is 120 Å². The van der Waals surface area contributed by atoms with E-state index >= 15 is 0 Å². The van der Waals surface area contributed by atoms with Gasteiger partial charge in [0.15, 0.2) is 12.3 Å². The molecule has 0 radical (unpaired) electrons. The van der Waals surface area contributed by atoms with E-state index in [-0.39, 0.29) is 37.2 Å². The number of hydrogen-bond donors (Lipinski definition) is 2. The highest BCUT2D eigenvalue weighted by molar-refractivity contribution is 5.96. The van der Waals surface area contributed by atoms with Crippen molar-refractivity contribution in [3.05, 3.63) is 50.2 Å². The van der Waals surface area contributed by atoms with Crippen molar-refractivity contribution in [3.8, 4) is 5.75 Å². The summed E-state index contributed by atoms with van der Waals surface area (Å²) in [4.78, 5) is 41.2. The maximum atomic E-state index is 13.0. The van der Waals surface area contributed by atoms with Gasteiger partial charge in [0.25, 0.3) is 11.5 Å². The van der Waals surface area contributed by atoms with Gasteiger partial charge in [-0.15, -0.1) is 0 Å². The van der Waals surface area contributed by atoms with Gasteiger partial charge >= 0.3 is 5.69 Å². The third-order valence-corrected chi connectivity index (χ3v) is 4.41. The minimum Gasteiger partial charge on any atom is -0.484 e. The Balaban J connectivity index is 2.38. The summed E-state index contributed by atoms with van der Waals surface area (Å²) in [6, 6.07) is 5.64. The zero-order valence-corrected chi connectivity index (χ0v) is 18.2. The number of nitrogens with one attached hydrogen (secondary N) is 1. The molecule has 1 aromatic carbocycles. The molecular formula is C21H30N4O5. The van der Waals surface area contributed by atoms with Gasteiger partial charge in [0, 0.05) is 20.2 Å². The molecule has 0 aliphatic carbocycles. The summed E-state index contributed by atoms with van der Waals surface area (Å²) in [7, 11) is 1.49. The molecule has 30 heavy (non-hydrogen) atoms. The number of nitrogens with two attached hydrogens (primary N) is 1. The number of aryl methyl sites for hydroxylation is 2. The van der Waals surface area contributed by atoms with Crippen LogP contribution in [0.1, 0.15) is 25.0 Å². The lowest BCUT2D eigenvalue weighted by Gasteiger charge is -2.24. The van der Waals surface area contributed by atoms with E-state index in [1.807, 2.05) is 45.9 Å². The van der Waals surface area contributed by atoms with Crippen LogP contribution >= 0.6 is 0 Å². The summed E-state index contributed by atoms with van der Waals surface area (Å²) in [5, 5.41) is 0. The number of amides is 1. The molecule has 9 nitrogen and oxygen atoms in total. The van der Waals surface area contributed by atoms with Gasteiger partial charge in [-0.3, -0.25) is 24.0 Å². The summed E-state index contributed by atoms with van der Waals surface area (Å²) in [6.45, 7) is 7.98. The second kappa shape index (κ2) is 10.1. The van der Waals surface area contributed by atoms with Crippen molar-refractivity contribution in [2.45, 2.75) is 34.2 Å². The van der Waals surface area contributed by atoms with Gasteiger partial charge in [-0.1, -0.05) is 19.9 Å². The number of benzene rings is 1. The fourth-order valence-electron chi connectivity index (χ4n) is 3.17. The van der Waals surface area contributed by atoms with E-state index in [1.165, 1.54) is 16.6 Å². The smallest absolute Gasteiger partial charge is 0.330 e. The molecule has 0 bridgehead atoms. The Morgan fingerprint density at radius 3 is 2.40 bits per heavy atom. The van der Waals surface area contributed by atoms with Crippen LogP contribution in [0.4, 0.5) is 11.5 Å². The van der Waals surface area contributed by atoms with E-state index in [4.69, 9.17) is 15.2 Å². The van der Waals surface area contributed by atoms with Gasteiger partial charge in [0.2, 0.25) is 0 Å². The number of hydrogen-bond acceptors (Lipinski definition) is 6. The summed E-state index contributed by atoms with van der Waals surface area (Å²) in [5.74, 6) is 0.130. The molecule has 164 valence electrons. The molecule has 0 unspecified atom stereocenters. The molecule has 0 aliphatic rings. The van der Waals surface area contributed by atoms with Gasteiger partial charge < -0.3 is 15.2 Å². The highest BCUT2D eigenvalue weighted by Gasteiger charge is 2.24. The van der Waals surface area contributed by atoms with E-state index in [0.29, 0.717) is 12.3 Å². The lowest BCUT2D eigenvalue weighted by Crippen LogP contribution is -2.44. The highest BCUT2D eigenvalue weighted by atomic mass is 16.5. The number of nitrogens with zero attached hydrogens (tertiary/aromatic N) is 2. The van der Waals surface area contributed by atoms with Gasteiger partial charge in [-0.05, 0) is 43.0 Å². The summed E-state index contributed by atoms with van der Waals surface area (Å²) in [6.07, 6.45) is 0. The number of carbonyl (C=O) groups excluding carboxylic acids is 1. The normalized spacial score (nSPS) is 11.0. The van der Waals surface area contributed by atoms with Crippen molar-refractivity contribution in [2.75, 3.05) is 37.5 Å². The first-order chi connectivity index (χ1) is 14.1. The third-order valence-electron chi connectivity index (χ3n) is 4.41. The maximum Gasteiger partial charge on any atom is 0.330 e. The molecule has 2 rings (SSSR count). The molecule has 2 aromatic rings. The van der Waals surface area contributed by atoms with Crippen LogP contribution in [0.2, 0.25) is 0 Å². The molecular weight excluding hydrogens is 388 g/mol. The number of ether oxygens (including phenoxy) is 2. The molecule has 0 atom stereocenters. The Hall–Kier alpha value is -3.07. The predicted octanol–water partition coefficient (Wildman–Crippen LogP) is 1.45. The van der Waals surface area contributed by atoms with Crippen LogP contribution in [0.5, 0.6) is 5.75 Å². The molecule has 0 spiro atoms. The lowest BCUT2D eigenvalue weighted by molar-refractivity contribution is -0.120. The summed E-state index contributed by atoms with van der Waals surface area (Å²) >= 11 is 0. The summed E-state index contributed by atoms with van der Waals surface area (Å²) in [5.41, 5.74) is 6.76. The van der Waals surface area contributed by atoms with Crippen molar-refractivity contribution in [2.24, 2.45) is 5.92 Å². The van der Waals surface area contributed by atoms with Crippen molar-refractivity contribution in [1.29, 1.82) is 0 Å². The molecule has 3 N–H and O–H groups in total. The van der Waals surface area contributed by atoms with E-state index in [1.54, 1.807) is 0 Å². The first-order valence-corrected chi connectivity index (χ1v) is 9.77. The van der Waals surface area contributed by atoms with Crippen LogP contribution in [-0.2, 0) is 16.1 Å². The monoisotopic (exact) mass is 418 g/mol. The molecule has 0 saturated carbocycles. The third kappa shape index (κ3) is 5.73. The van der Waals surface area contributed by atoms with E-state index in [9.17, 15) is 14.4 Å². The fraction of sp³-hybridized carbons (Fsp3) is 0.476. The van der Waals surface area contributed by atoms with Crippen LogP contribution in [-0.4, -0.2) is 42.3 Å². The second-order valence-electron chi connectivity index (χ2n) is 7.65. The standard InChI is InChI=1S/C21H30N4O5/c1-13(2)11-25-19(22)18(20(27)23-21(25)28)24(6-7-29-5)17(26)12-30-16-9-14(3)8-15(4)10-16/h8-10,13H,6-7,11-12,22H2,1-5H3,(H,23,27,28). The predicted molar refractivity (Wildman–Crippen MR) is 116 cm³/mol. The van der Waals surface area contributed by atoms with E-state index in [2.05, 4.69) is 4.98 Å². The van der Waals surface area contributed by atoms with Crippen molar-refractivity contribution in [1.82, 2.24) is 9.55 Å². The van der Waals surface area contributed by atoms with Gasteiger partial charge in [-0.2, -0.15) is 0 Å². The molecule has 1 aromatic heterocycles. The Kier molecular flexibility index (Phi) is 7.82. The Morgan fingerprint density at radius 1 is 1.20 bits per heavy atom. The number of H-pyrrole nitrogens is 1. The number of aromatic nitrogens is 2. The summed E-state index contributed by atoms with van der Waals surface area (Å²) < 4.78 is 12.0. The molecule has 0 aliphatic heterocycles. The minimum atomic E-state index is -0.728. The molecule has 0 saturated heterocycles. The van der Waals surface area contributed by atoms with Crippen LogP contribution < -0.4 is 26.6 Å². The highest BCUT2D eigenvalue weighted by Crippen LogP contribution is 2.19. The zero-order valence-electron chi connectivity index (χ0n) is 18.2. The average Bonchev–Trinajstić information content (AvgIpc) is 2.64. The first kappa shape index (κ1) is 23.2. The van der Waals surface area contributed by atoms with Crippen LogP contribution in [0.3, 0.4) is 0 Å². The Labute approximate surface area is 175 Å². The number of carbonyl (C=O) groups is 1. The van der Waals surface area contributed by atoms with E-state index < -0.39 is 17.2 Å². The molecule has 0 fully saturated rings. The van der Waals surface area contributed by atoms with Gasteiger partial charge in [-0.25, -0.2) is 4.79 Å². The molecule has 1 heterocycles. The first-order valence-electron chi connectivity index (χ1n) is 9.77. The Bertz CT molecular complexity index is 989. The largest absolute Gasteiger partial charge is 0.484 e. The number of rotatable bonds is 9. The van der Waals surface area contributed by atoms with E-state index in [0.717, 1.165) is 11.1 Å². The number of aromatic amines is 1. The van der Waals surface area contributed by atoms with Crippen molar-refractivity contribution >= 4 is 17.4 Å². The van der Waals surface area contributed by atoms with Gasteiger partial charge in [0.05, 0.1) is 6.61 Å². The number of nitrogen functional groups attached to an aromatic ring is 1. The van der Waals surface area contributed by atoms with Crippen LogP contribution in [0.15, 0.2) is 27.8 Å². The lowest BCUT2D eigenvalue weighted by atomic mass is 10.1. The maximum absolute atomic E-state index is 13.0. The fourth-order valence-corrected chi connectivity index (χ4v) is 3.17. The van der Waals surface area contributed by atoms with Crippen LogP contribution in [0.25, 0.3) is 0 Å². The Morgan fingerprint density at radius 2 is 1.83 bits per heavy atom. The molecule has 9 heteroatoms. The molecule has 1 amide bonds. The van der Waals surface area contributed by atoms with Crippen molar-refractivity contribution in [3.63, 3.8) is 0 Å². The van der Waals surface area contributed by atoms with Crippen LogP contribution in [0, 0.1) is 19.8 Å². The zero-order chi connectivity index (χ0) is 22.4. The number of anilines is 2. The minimum absolute atomic E-state index is 0.0618. The quantitative estimate of drug-likeness (QED) is 0.636. The average molecular weight is 418 g/mol. The second-order valence-corrected chi connectivity index (χ2v) is 7.65. The van der Waals surface area contributed by atoms with Gasteiger partial charge in [0.1, 0.15) is 11.6 Å². The number of methoxy groups -OCH3 is 1.